The first-order chi connectivity index (χ1) is 33.0. The molecule has 0 heterocycles. The third kappa shape index (κ3) is 53.4. The van der Waals surface area contributed by atoms with E-state index in [4.69, 9.17) is 14.2 Å². The SMILES string of the molecule is CCCCC/C=C\C/C=C\C/C=C\C/C=C\CCCC(=O)OC(COC(=O)CCCCCCC\C=C/C=C\C=C/CCCCCCC)COC(=O)CCCCCCCCCCCCCCCC. The van der Waals surface area contributed by atoms with Crippen molar-refractivity contribution < 1.29 is 28.6 Å². The van der Waals surface area contributed by atoms with Gasteiger partial charge >= 0.3 is 17.9 Å². The lowest BCUT2D eigenvalue weighted by Crippen LogP contribution is -2.30. The maximum absolute atomic E-state index is 12.8. The first-order valence-corrected chi connectivity index (χ1v) is 28.1. The number of rotatable bonds is 50. The molecule has 0 aliphatic heterocycles. The zero-order valence-electron chi connectivity index (χ0n) is 43.9. The molecule has 0 spiro atoms. The second-order valence-corrected chi connectivity index (χ2v) is 18.6. The predicted octanol–water partition coefficient (Wildman–Crippen LogP) is 18.8. The number of unbranched alkanes of at least 4 members (excludes halogenated alkanes) is 27. The van der Waals surface area contributed by atoms with Crippen LogP contribution in [0, 0.1) is 0 Å². The van der Waals surface area contributed by atoms with Crippen molar-refractivity contribution in [3.05, 3.63) is 85.1 Å². The Kier molecular flexibility index (Phi) is 52.4. The number of ether oxygens (including phenoxy) is 3. The number of carbonyl (C=O) groups excluding carboxylic acids is 3. The fourth-order valence-corrected chi connectivity index (χ4v) is 7.67. The van der Waals surface area contributed by atoms with Crippen molar-refractivity contribution in [2.75, 3.05) is 13.2 Å². The zero-order chi connectivity index (χ0) is 48.6. The van der Waals surface area contributed by atoms with Crippen LogP contribution in [0.2, 0.25) is 0 Å². The maximum atomic E-state index is 12.8. The van der Waals surface area contributed by atoms with Crippen LogP contribution in [0.15, 0.2) is 85.1 Å². The summed E-state index contributed by atoms with van der Waals surface area (Å²) < 4.78 is 16.8. The van der Waals surface area contributed by atoms with Gasteiger partial charge in [-0.3, -0.25) is 14.4 Å². The summed E-state index contributed by atoms with van der Waals surface area (Å²) in [5.41, 5.74) is 0. The van der Waals surface area contributed by atoms with Crippen molar-refractivity contribution in [3.8, 4) is 0 Å². The Bertz CT molecular complexity index is 1300. The summed E-state index contributed by atoms with van der Waals surface area (Å²) in [6.45, 7) is 6.54. The van der Waals surface area contributed by atoms with Crippen LogP contribution >= 0.6 is 0 Å². The van der Waals surface area contributed by atoms with Crippen LogP contribution in [-0.2, 0) is 28.6 Å². The molecule has 0 aliphatic rings. The van der Waals surface area contributed by atoms with Crippen molar-refractivity contribution in [3.63, 3.8) is 0 Å². The molecule has 0 amide bonds. The highest BCUT2D eigenvalue weighted by Gasteiger charge is 2.19. The molecule has 67 heavy (non-hydrogen) atoms. The van der Waals surface area contributed by atoms with Gasteiger partial charge in [0, 0.05) is 19.3 Å². The normalized spacial score (nSPS) is 12.7. The Morgan fingerprint density at radius 2 is 0.612 bits per heavy atom. The molecule has 0 aromatic carbocycles. The van der Waals surface area contributed by atoms with E-state index in [2.05, 4.69) is 106 Å². The molecule has 6 nitrogen and oxygen atoms in total. The van der Waals surface area contributed by atoms with Gasteiger partial charge in [0.1, 0.15) is 13.2 Å². The molecule has 384 valence electrons. The largest absolute Gasteiger partial charge is 0.462 e. The Morgan fingerprint density at radius 3 is 1.03 bits per heavy atom. The predicted molar refractivity (Wildman–Crippen MR) is 288 cm³/mol. The van der Waals surface area contributed by atoms with Crippen LogP contribution in [0.1, 0.15) is 265 Å². The minimum Gasteiger partial charge on any atom is -0.462 e. The van der Waals surface area contributed by atoms with E-state index in [-0.39, 0.29) is 37.5 Å². The fraction of sp³-hybridized carbons (Fsp3) is 0.721. The highest BCUT2D eigenvalue weighted by molar-refractivity contribution is 5.71. The summed E-state index contributed by atoms with van der Waals surface area (Å²) >= 11 is 0. The van der Waals surface area contributed by atoms with Gasteiger partial charge in [0.15, 0.2) is 6.10 Å². The monoisotopic (exact) mass is 933 g/mol. The highest BCUT2D eigenvalue weighted by atomic mass is 16.6. The molecule has 0 rings (SSSR count). The van der Waals surface area contributed by atoms with Gasteiger partial charge in [-0.2, -0.15) is 0 Å². The van der Waals surface area contributed by atoms with E-state index in [1.54, 1.807) is 0 Å². The van der Waals surface area contributed by atoms with Gasteiger partial charge in [-0.15, -0.1) is 0 Å². The van der Waals surface area contributed by atoms with Gasteiger partial charge in [0.05, 0.1) is 0 Å². The van der Waals surface area contributed by atoms with Crippen LogP contribution in [0.5, 0.6) is 0 Å². The Hall–Kier alpha value is -3.41. The van der Waals surface area contributed by atoms with Crippen LogP contribution in [0.25, 0.3) is 0 Å². The summed E-state index contributed by atoms with van der Waals surface area (Å²) in [4.78, 5) is 38.1. The lowest BCUT2D eigenvalue weighted by Gasteiger charge is -2.18. The van der Waals surface area contributed by atoms with Crippen LogP contribution in [0.4, 0.5) is 0 Å². The Morgan fingerprint density at radius 1 is 0.313 bits per heavy atom. The molecule has 0 radical (unpaired) electrons. The molecule has 1 unspecified atom stereocenters. The maximum Gasteiger partial charge on any atom is 0.306 e. The zero-order valence-corrected chi connectivity index (χ0v) is 43.9. The number of esters is 3. The molecule has 0 aromatic rings. The number of carbonyl (C=O) groups is 3. The molecular weight excluding hydrogens is 829 g/mol. The second kappa shape index (κ2) is 55.2. The Labute approximate surface area is 414 Å². The number of allylic oxidation sites excluding steroid dienone is 14. The van der Waals surface area contributed by atoms with Crippen molar-refractivity contribution in [1.82, 2.24) is 0 Å². The third-order valence-electron chi connectivity index (χ3n) is 11.9. The van der Waals surface area contributed by atoms with E-state index < -0.39 is 6.10 Å². The minimum atomic E-state index is -0.812. The Balaban J connectivity index is 4.51. The minimum absolute atomic E-state index is 0.103. The van der Waals surface area contributed by atoms with Gasteiger partial charge < -0.3 is 14.2 Å². The average Bonchev–Trinajstić information content (AvgIpc) is 3.33. The van der Waals surface area contributed by atoms with Gasteiger partial charge in [-0.1, -0.05) is 247 Å². The van der Waals surface area contributed by atoms with Gasteiger partial charge in [-0.25, -0.2) is 0 Å². The van der Waals surface area contributed by atoms with Crippen molar-refractivity contribution in [2.45, 2.75) is 271 Å². The van der Waals surface area contributed by atoms with Crippen LogP contribution < -0.4 is 0 Å². The lowest BCUT2D eigenvalue weighted by molar-refractivity contribution is -0.167. The van der Waals surface area contributed by atoms with E-state index in [9.17, 15) is 14.4 Å². The van der Waals surface area contributed by atoms with Crippen molar-refractivity contribution in [2.24, 2.45) is 0 Å². The molecule has 1 atom stereocenters. The summed E-state index contributed by atoms with van der Waals surface area (Å²) in [6, 6.07) is 0. The second-order valence-electron chi connectivity index (χ2n) is 18.6. The smallest absolute Gasteiger partial charge is 0.306 e. The van der Waals surface area contributed by atoms with Crippen molar-refractivity contribution >= 4 is 17.9 Å². The number of hydrogen-bond acceptors (Lipinski definition) is 6. The van der Waals surface area contributed by atoms with E-state index in [0.717, 1.165) is 89.9 Å². The molecule has 0 saturated carbocycles. The molecule has 0 aromatic heterocycles. The highest BCUT2D eigenvalue weighted by Crippen LogP contribution is 2.15. The first-order valence-electron chi connectivity index (χ1n) is 28.1. The molecule has 0 bridgehead atoms. The summed E-state index contributed by atoms with van der Waals surface area (Å²) in [7, 11) is 0. The van der Waals surface area contributed by atoms with E-state index in [1.807, 2.05) is 0 Å². The molecule has 6 heteroatoms. The first kappa shape index (κ1) is 63.6. The van der Waals surface area contributed by atoms with Crippen LogP contribution in [-0.4, -0.2) is 37.2 Å². The van der Waals surface area contributed by atoms with Gasteiger partial charge in [0.2, 0.25) is 0 Å². The summed E-state index contributed by atoms with van der Waals surface area (Å²) in [6.07, 6.45) is 71.4. The van der Waals surface area contributed by atoms with Crippen molar-refractivity contribution in [1.29, 1.82) is 0 Å². The van der Waals surface area contributed by atoms with Gasteiger partial charge in [0.25, 0.3) is 0 Å². The van der Waals surface area contributed by atoms with Gasteiger partial charge in [-0.05, 0) is 83.5 Å². The molecular formula is C61H104O6. The summed E-state index contributed by atoms with van der Waals surface area (Å²) in [5, 5.41) is 0. The fourth-order valence-electron chi connectivity index (χ4n) is 7.67. The summed E-state index contributed by atoms with van der Waals surface area (Å²) in [5.74, 6) is -0.975. The lowest BCUT2D eigenvalue weighted by atomic mass is 10.0. The standard InChI is InChI=1S/C61H104O6/c1-4-7-10-13-16-19-22-25-28-30-32-33-36-39-42-45-48-51-54-60(63)66-57-58(56-65-59(62)53-50-47-44-41-38-35-27-24-21-18-15-12-9-6-3)67-61(64)55-52-49-46-43-40-37-34-31-29-26-23-20-17-14-11-8-5-2/h17,20,22,25-26,28-30,32-34,37,43,46,58H,4-16,18-19,21,23-24,27,31,35-36,38-42,44-45,47-57H2,1-3H3/b20-17-,25-22-,29-26-,30-28-,33-32-,37-34-,46-43-. The molecule has 0 N–H and O–H groups in total. The van der Waals surface area contributed by atoms with Crippen LogP contribution in [0.3, 0.4) is 0 Å². The molecule has 0 fully saturated rings. The number of hydrogen-bond donors (Lipinski definition) is 0. The third-order valence-corrected chi connectivity index (χ3v) is 11.9. The topological polar surface area (TPSA) is 78.9 Å². The average molecular weight is 933 g/mol. The molecule has 0 saturated heterocycles. The quantitative estimate of drug-likeness (QED) is 0.0199. The van der Waals surface area contributed by atoms with E-state index >= 15 is 0 Å². The van der Waals surface area contributed by atoms with E-state index in [1.165, 1.54) is 128 Å². The molecule has 0 aliphatic carbocycles. The van der Waals surface area contributed by atoms with E-state index in [0.29, 0.717) is 19.3 Å².